The quantitative estimate of drug-likeness (QED) is 0.801. The second-order valence-electron chi connectivity index (χ2n) is 3.78. The van der Waals surface area contributed by atoms with Gasteiger partial charge in [-0.1, -0.05) is 0 Å². The van der Waals surface area contributed by atoms with Crippen molar-refractivity contribution < 1.29 is 28.2 Å². The van der Waals surface area contributed by atoms with Gasteiger partial charge < -0.3 is 15.2 Å². The standard InChI is InChI=1S/C12H13F2NO4/c1-19-10(12(17)18)6-15-11(16)5-7-4-8(13)2-3-9(7)14/h2-4,10H,5-6H2,1H3,(H,15,16)(H,17,18). The van der Waals surface area contributed by atoms with Crippen molar-refractivity contribution in [3.05, 3.63) is 35.4 Å². The molecule has 1 amide bonds. The smallest absolute Gasteiger partial charge is 0.334 e. The lowest BCUT2D eigenvalue weighted by Crippen LogP contribution is -2.38. The van der Waals surface area contributed by atoms with Crippen LogP contribution in [0.5, 0.6) is 0 Å². The van der Waals surface area contributed by atoms with Gasteiger partial charge in [0.15, 0.2) is 6.10 Å². The van der Waals surface area contributed by atoms with Gasteiger partial charge in [-0.3, -0.25) is 4.79 Å². The molecule has 0 aromatic heterocycles. The molecule has 1 rings (SSSR count). The lowest BCUT2D eigenvalue weighted by molar-refractivity contribution is -0.148. The molecule has 0 saturated carbocycles. The topological polar surface area (TPSA) is 75.6 Å². The van der Waals surface area contributed by atoms with Crippen LogP contribution in [0.2, 0.25) is 0 Å². The average Bonchev–Trinajstić information content (AvgIpc) is 2.34. The SMILES string of the molecule is COC(CNC(=O)Cc1cc(F)ccc1F)C(=O)O. The minimum absolute atomic E-state index is 0.0956. The average molecular weight is 273 g/mol. The van der Waals surface area contributed by atoms with E-state index in [2.05, 4.69) is 10.1 Å². The van der Waals surface area contributed by atoms with Gasteiger partial charge in [0, 0.05) is 12.7 Å². The molecule has 0 saturated heterocycles. The Bertz CT molecular complexity index is 479. The molecule has 1 aromatic rings. The molecule has 1 aromatic carbocycles. The van der Waals surface area contributed by atoms with Crippen molar-refractivity contribution in [1.82, 2.24) is 5.32 Å². The van der Waals surface area contributed by atoms with Gasteiger partial charge in [0.05, 0.1) is 13.0 Å². The number of benzene rings is 1. The highest BCUT2D eigenvalue weighted by atomic mass is 19.1. The third kappa shape index (κ3) is 4.63. The number of carbonyl (C=O) groups excluding carboxylic acids is 1. The number of carboxylic acid groups (broad SMARTS) is 1. The Morgan fingerprint density at radius 1 is 1.42 bits per heavy atom. The molecule has 0 aliphatic carbocycles. The normalized spacial score (nSPS) is 11.9. The van der Waals surface area contributed by atoms with E-state index in [4.69, 9.17) is 5.11 Å². The molecule has 2 N–H and O–H groups in total. The zero-order valence-electron chi connectivity index (χ0n) is 10.2. The number of hydrogen-bond acceptors (Lipinski definition) is 3. The second kappa shape index (κ2) is 6.79. The number of carbonyl (C=O) groups is 2. The summed E-state index contributed by atoms with van der Waals surface area (Å²) in [5, 5.41) is 10.9. The lowest BCUT2D eigenvalue weighted by Gasteiger charge is -2.11. The summed E-state index contributed by atoms with van der Waals surface area (Å²) in [5.74, 6) is -3.19. The number of amides is 1. The Kier molecular flexibility index (Phi) is 5.37. The summed E-state index contributed by atoms with van der Waals surface area (Å²) in [4.78, 5) is 22.1. The molecule has 1 atom stereocenters. The highest BCUT2D eigenvalue weighted by Gasteiger charge is 2.17. The van der Waals surface area contributed by atoms with Gasteiger partial charge in [-0.05, 0) is 18.2 Å². The fraction of sp³-hybridized carbons (Fsp3) is 0.333. The van der Waals surface area contributed by atoms with E-state index >= 15 is 0 Å². The number of rotatable bonds is 6. The third-order valence-electron chi connectivity index (χ3n) is 2.40. The van der Waals surface area contributed by atoms with E-state index in [0.29, 0.717) is 0 Å². The lowest BCUT2D eigenvalue weighted by atomic mass is 10.1. The first-order valence-corrected chi connectivity index (χ1v) is 5.40. The van der Waals surface area contributed by atoms with Gasteiger partial charge in [-0.2, -0.15) is 0 Å². The molecular formula is C12H13F2NO4. The minimum atomic E-state index is -1.22. The Morgan fingerprint density at radius 3 is 2.68 bits per heavy atom. The van der Waals surface area contributed by atoms with E-state index in [1.165, 1.54) is 7.11 Å². The minimum Gasteiger partial charge on any atom is -0.479 e. The maximum Gasteiger partial charge on any atom is 0.334 e. The van der Waals surface area contributed by atoms with Crippen LogP contribution in [0, 0.1) is 11.6 Å². The van der Waals surface area contributed by atoms with Crippen molar-refractivity contribution in [1.29, 1.82) is 0 Å². The van der Waals surface area contributed by atoms with Crippen molar-refractivity contribution in [2.75, 3.05) is 13.7 Å². The fourth-order valence-electron chi connectivity index (χ4n) is 1.39. The second-order valence-corrected chi connectivity index (χ2v) is 3.78. The Morgan fingerprint density at radius 2 is 2.11 bits per heavy atom. The number of carboxylic acids is 1. The first-order valence-electron chi connectivity index (χ1n) is 5.40. The van der Waals surface area contributed by atoms with Gasteiger partial charge in [0.2, 0.25) is 5.91 Å². The zero-order chi connectivity index (χ0) is 14.4. The molecule has 0 radical (unpaired) electrons. The van der Waals surface area contributed by atoms with Gasteiger partial charge >= 0.3 is 5.97 Å². The fourth-order valence-corrected chi connectivity index (χ4v) is 1.39. The Hall–Kier alpha value is -2.02. The van der Waals surface area contributed by atoms with Gasteiger partial charge in [-0.15, -0.1) is 0 Å². The van der Waals surface area contributed by atoms with E-state index in [0.717, 1.165) is 18.2 Å². The molecule has 104 valence electrons. The summed E-state index contributed by atoms with van der Waals surface area (Å²) < 4.78 is 30.7. The molecular weight excluding hydrogens is 260 g/mol. The first kappa shape index (κ1) is 15.0. The van der Waals surface area contributed by atoms with Crippen molar-refractivity contribution in [2.45, 2.75) is 12.5 Å². The van der Waals surface area contributed by atoms with E-state index < -0.39 is 29.6 Å². The van der Waals surface area contributed by atoms with Crippen LogP contribution in [0.1, 0.15) is 5.56 Å². The van der Waals surface area contributed by atoms with Crippen molar-refractivity contribution in [3.8, 4) is 0 Å². The van der Waals surface area contributed by atoms with Gasteiger partial charge in [0.25, 0.3) is 0 Å². The Labute approximate surface area is 108 Å². The first-order chi connectivity index (χ1) is 8.93. The molecule has 0 heterocycles. The summed E-state index contributed by atoms with van der Waals surface area (Å²) in [6.45, 7) is -0.248. The van der Waals surface area contributed by atoms with Crippen LogP contribution >= 0.6 is 0 Å². The predicted octanol–water partition coefficient (Wildman–Crippen LogP) is 0.723. The number of halogens is 2. The summed E-state index contributed by atoms with van der Waals surface area (Å²) in [5.41, 5.74) is -0.0956. The summed E-state index contributed by atoms with van der Waals surface area (Å²) in [7, 11) is 1.19. The van der Waals surface area contributed by atoms with Crippen LogP contribution in [-0.2, 0) is 20.7 Å². The number of aliphatic carboxylic acids is 1. The molecule has 7 heteroatoms. The highest BCUT2D eigenvalue weighted by molar-refractivity contribution is 5.80. The van der Waals surface area contributed by atoms with Crippen LogP contribution in [0.4, 0.5) is 8.78 Å². The molecule has 19 heavy (non-hydrogen) atoms. The van der Waals surface area contributed by atoms with Crippen LogP contribution in [0.15, 0.2) is 18.2 Å². The van der Waals surface area contributed by atoms with E-state index in [1.54, 1.807) is 0 Å². The van der Waals surface area contributed by atoms with Gasteiger partial charge in [-0.25, -0.2) is 13.6 Å². The summed E-state index contributed by atoms with van der Waals surface area (Å²) in [6, 6.07) is 2.79. The van der Waals surface area contributed by atoms with E-state index in [-0.39, 0.29) is 18.5 Å². The maximum atomic E-state index is 13.3. The van der Waals surface area contributed by atoms with Crippen LogP contribution in [-0.4, -0.2) is 36.7 Å². The largest absolute Gasteiger partial charge is 0.479 e. The number of methoxy groups -OCH3 is 1. The number of hydrogen-bond donors (Lipinski definition) is 2. The summed E-state index contributed by atoms with van der Waals surface area (Å²) in [6.07, 6.45) is -1.55. The summed E-state index contributed by atoms with van der Waals surface area (Å²) >= 11 is 0. The third-order valence-corrected chi connectivity index (χ3v) is 2.40. The molecule has 0 aliphatic heterocycles. The molecule has 0 spiro atoms. The monoisotopic (exact) mass is 273 g/mol. The highest BCUT2D eigenvalue weighted by Crippen LogP contribution is 2.10. The van der Waals surface area contributed by atoms with Crippen LogP contribution in [0.3, 0.4) is 0 Å². The predicted molar refractivity (Wildman–Crippen MR) is 61.5 cm³/mol. The van der Waals surface area contributed by atoms with Crippen molar-refractivity contribution >= 4 is 11.9 Å². The molecule has 1 unspecified atom stereocenters. The van der Waals surface area contributed by atoms with Crippen molar-refractivity contribution in [2.24, 2.45) is 0 Å². The van der Waals surface area contributed by atoms with Crippen molar-refractivity contribution in [3.63, 3.8) is 0 Å². The van der Waals surface area contributed by atoms with E-state index in [1.807, 2.05) is 0 Å². The molecule has 0 fully saturated rings. The van der Waals surface area contributed by atoms with E-state index in [9.17, 15) is 18.4 Å². The number of ether oxygens (including phenoxy) is 1. The van der Waals surface area contributed by atoms with Gasteiger partial charge in [0.1, 0.15) is 11.6 Å². The Balaban J connectivity index is 2.56. The molecule has 0 aliphatic rings. The van der Waals surface area contributed by atoms with Crippen LogP contribution < -0.4 is 5.32 Å². The molecule has 0 bridgehead atoms. The zero-order valence-corrected chi connectivity index (χ0v) is 10.2. The maximum absolute atomic E-state index is 13.3. The van der Waals surface area contributed by atoms with Crippen LogP contribution in [0.25, 0.3) is 0 Å². The number of nitrogens with one attached hydrogen (secondary N) is 1. The molecule has 5 nitrogen and oxygen atoms in total.